The number of amides is 3. The van der Waals surface area contributed by atoms with E-state index in [0.717, 1.165) is 23.5 Å². The monoisotopic (exact) mass is 378 g/mol. The molecule has 0 radical (unpaired) electrons. The first-order valence-electron chi connectivity index (χ1n) is 8.72. The van der Waals surface area contributed by atoms with Crippen LogP contribution in [-0.2, 0) is 27.1 Å². The third-order valence-corrected chi connectivity index (χ3v) is 5.61. The molecule has 0 spiro atoms. The van der Waals surface area contributed by atoms with E-state index < -0.39 is 24.2 Å². The number of allylic oxidation sites excluding steroid dienone is 2. The van der Waals surface area contributed by atoms with E-state index in [4.69, 9.17) is 0 Å². The van der Waals surface area contributed by atoms with Crippen molar-refractivity contribution in [3.63, 3.8) is 0 Å². The minimum Gasteiger partial charge on any atom is -0.350 e. The second-order valence-electron chi connectivity index (χ2n) is 7.24. The topological polar surface area (TPSA) is 66.5 Å². The summed E-state index contributed by atoms with van der Waals surface area (Å²) in [5.41, 5.74) is -0.508. The standard InChI is InChI=1S/C19H17F3N2O3/c20-19(21,22)13-3-1-2-10(6-13)8-23-14(25)9-24-17(26)15-11-4-5-12(7-11)16(15)18(24)27/h1-6,11-12,15-16H,7-9H2,(H,23,25). The molecule has 27 heavy (non-hydrogen) atoms. The second kappa shape index (κ2) is 6.21. The Kier molecular flexibility index (Phi) is 4.09. The number of halogens is 3. The molecule has 8 heteroatoms. The van der Waals surface area contributed by atoms with Crippen molar-refractivity contribution >= 4 is 17.7 Å². The zero-order chi connectivity index (χ0) is 19.3. The summed E-state index contributed by atoms with van der Waals surface area (Å²) < 4.78 is 38.2. The number of carbonyl (C=O) groups excluding carboxylic acids is 3. The van der Waals surface area contributed by atoms with Crippen molar-refractivity contribution in [1.29, 1.82) is 0 Å². The predicted molar refractivity (Wildman–Crippen MR) is 87.7 cm³/mol. The van der Waals surface area contributed by atoms with Gasteiger partial charge in [-0.1, -0.05) is 24.3 Å². The maximum atomic E-state index is 12.7. The molecule has 4 atom stereocenters. The van der Waals surface area contributed by atoms with Crippen molar-refractivity contribution in [2.24, 2.45) is 23.7 Å². The van der Waals surface area contributed by atoms with Crippen LogP contribution in [0.4, 0.5) is 13.2 Å². The van der Waals surface area contributed by atoms with Crippen molar-refractivity contribution in [3.8, 4) is 0 Å². The lowest BCUT2D eigenvalue weighted by molar-refractivity contribution is -0.144. The molecule has 1 aliphatic heterocycles. The first-order valence-corrected chi connectivity index (χ1v) is 8.72. The van der Waals surface area contributed by atoms with E-state index in [1.165, 1.54) is 12.1 Å². The number of alkyl halides is 3. The van der Waals surface area contributed by atoms with Crippen molar-refractivity contribution < 1.29 is 27.6 Å². The van der Waals surface area contributed by atoms with Crippen LogP contribution in [-0.4, -0.2) is 29.2 Å². The number of nitrogens with zero attached hydrogens (tertiary/aromatic N) is 1. The fourth-order valence-corrected chi connectivity index (χ4v) is 4.38. The Morgan fingerprint density at radius 1 is 1.11 bits per heavy atom. The number of benzene rings is 1. The molecule has 1 aromatic rings. The van der Waals surface area contributed by atoms with Gasteiger partial charge in [-0.2, -0.15) is 13.2 Å². The largest absolute Gasteiger partial charge is 0.416 e. The van der Waals surface area contributed by atoms with Gasteiger partial charge in [-0.15, -0.1) is 0 Å². The number of hydrogen-bond acceptors (Lipinski definition) is 3. The van der Waals surface area contributed by atoms with E-state index in [2.05, 4.69) is 5.32 Å². The lowest BCUT2D eigenvalue weighted by Crippen LogP contribution is -2.41. The molecule has 2 fully saturated rings. The van der Waals surface area contributed by atoms with Crippen LogP contribution in [0.15, 0.2) is 36.4 Å². The van der Waals surface area contributed by atoms with E-state index in [1.54, 1.807) is 0 Å². The third kappa shape index (κ3) is 3.02. The molecule has 3 amide bonds. The first-order chi connectivity index (χ1) is 12.8. The van der Waals surface area contributed by atoms with Crippen LogP contribution < -0.4 is 5.32 Å². The van der Waals surface area contributed by atoms with Gasteiger partial charge in [0, 0.05) is 6.54 Å². The summed E-state index contributed by atoms with van der Waals surface area (Å²) >= 11 is 0. The molecule has 142 valence electrons. The zero-order valence-electron chi connectivity index (χ0n) is 14.2. The van der Waals surface area contributed by atoms with Gasteiger partial charge < -0.3 is 5.32 Å². The molecule has 1 saturated heterocycles. The highest BCUT2D eigenvalue weighted by Crippen LogP contribution is 2.52. The smallest absolute Gasteiger partial charge is 0.350 e. The number of imide groups is 1. The van der Waals surface area contributed by atoms with Crippen LogP contribution in [0.1, 0.15) is 17.5 Å². The first kappa shape index (κ1) is 17.8. The van der Waals surface area contributed by atoms with E-state index >= 15 is 0 Å². The Hall–Kier alpha value is -2.64. The minimum atomic E-state index is -4.46. The quantitative estimate of drug-likeness (QED) is 0.645. The Balaban J connectivity index is 1.37. The van der Waals surface area contributed by atoms with Gasteiger partial charge >= 0.3 is 6.18 Å². The third-order valence-electron chi connectivity index (χ3n) is 5.61. The summed E-state index contributed by atoms with van der Waals surface area (Å²) in [6.07, 6.45) is 0.282. The van der Waals surface area contributed by atoms with Crippen molar-refractivity contribution in [2.75, 3.05) is 6.54 Å². The van der Waals surface area contributed by atoms with Gasteiger partial charge in [0.2, 0.25) is 17.7 Å². The molecular weight excluding hydrogens is 361 g/mol. The number of rotatable bonds is 4. The second-order valence-corrected chi connectivity index (χ2v) is 7.24. The molecule has 3 aliphatic rings. The van der Waals surface area contributed by atoms with Crippen LogP contribution in [0.25, 0.3) is 0 Å². The van der Waals surface area contributed by atoms with Crippen molar-refractivity contribution in [1.82, 2.24) is 10.2 Å². The number of likely N-dealkylation sites (tertiary alicyclic amines) is 1. The van der Waals surface area contributed by atoms with Crippen LogP contribution in [0.5, 0.6) is 0 Å². The number of nitrogens with one attached hydrogen (secondary N) is 1. The molecular formula is C19H17F3N2O3. The Bertz CT molecular complexity index is 819. The highest BCUT2D eigenvalue weighted by atomic mass is 19.4. The average molecular weight is 378 g/mol. The molecule has 1 N–H and O–H groups in total. The Morgan fingerprint density at radius 2 is 1.74 bits per heavy atom. The van der Waals surface area contributed by atoms with Gasteiger partial charge in [0.15, 0.2) is 0 Å². The summed E-state index contributed by atoms with van der Waals surface area (Å²) in [6, 6.07) is 4.64. The minimum absolute atomic E-state index is 0.0645. The van der Waals surface area contributed by atoms with Gasteiger partial charge in [0.1, 0.15) is 6.54 Å². The SMILES string of the molecule is O=C(CN1C(=O)C2C3C=CC(C3)C2C1=O)NCc1cccc(C(F)(F)F)c1. The van der Waals surface area contributed by atoms with Gasteiger partial charge in [-0.25, -0.2) is 0 Å². The summed E-state index contributed by atoms with van der Waals surface area (Å²) in [5.74, 6) is -1.83. The summed E-state index contributed by atoms with van der Waals surface area (Å²) in [5, 5.41) is 2.48. The molecule has 2 bridgehead atoms. The van der Waals surface area contributed by atoms with E-state index in [-0.39, 0.29) is 47.6 Å². The van der Waals surface area contributed by atoms with Gasteiger partial charge in [0.25, 0.3) is 0 Å². The van der Waals surface area contributed by atoms with Gasteiger partial charge in [-0.3, -0.25) is 19.3 Å². The van der Waals surface area contributed by atoms with Crippen LogP contribution >= 0.6 is 0 Å². The maximum absolute atomic E-state index is 12.7. The average Bonchev–Trinajstić information content (AvgIpc) is 3.29. The number of carbonyl (C=O) groups is 3. The van der Waals surface area contributed by atoms with Crippen LogP contribution in [0, 0.1) is 23.7 Å². The molecule has 4 unspecified atom stereocenters. The van der Waals surface area contributed by atoms with E-state index in [0.29, 0.717) is 0 Å². The highest BCUT2D eigenvalue weighted by molar-refractivity contribution is 6.08. The summed E-state index contributed by atoms with van der Waals surface area (Å²) in [7, 11) is 0. The highest BCUT2D eigenvalue weighted by Gasteiger charge is 2.59. The van der Waals surface area contributed by atoms with Crippen molar-refractivity contribution in [2.45, 2.75) is 19.1 Å². The van der Waals surface area contributed by atoms with Gasteiger partial charge in [0.05, 0.1) is 17.4 Å². The van der Waals surface area contributed by atoms with E-state index in [9.17, 15) is 27.6 Å². The molecule has 5 nitrogen and oxygen atoms in total. The molecule has 2 aliphatic carbocycles. The molecule has 1 heterocycles. The molecule has 1 saturated carbocycles. The van der Waals surface area contributed by atoms with Crippen LogP contribution in [0.2, 0.25) is 0 Å². The number of hydrogen-bond donors (Lipinski definition) is 1. The normalized spacial score (nSPS) is 28.8. The summed E-state index contributed by atoms with van der Waals surface area (Å²) in [6.45, 7) is -0.512. The van der Waals surface area contributed by atoms with Gasteiger partial charge in [-0.05, 0) is 36.0 Å². The molecule has 1 aromatic carbocycles. The lowest BCUT2D eigenvalue weighted by Gasteiger charge is -2.17. The summed E-state index contributed by atoms with van der Waals surface area (Å²) in [4.78, 5) is 38.2. The molecule has 0 aromatic heterocycles. The molecule has 4 rings (SSSR count). The Morgan fingerprint density at radius 3 is 2.33 bits per heavy atom. The predicted octanol–water partition coefficient (Wildman–Crippen LogP) is 2.13. The van der Waals surface area contributed by atoms with Crippen molar-refractivity contribution in [3.05, 3.63) is 47.5 Å². The maximum Gasteiger partial charge on any atom is 0.416 e. The van der Waals surface area contributed by atoms with Crippen LogP contribution in [0.3, 0.4) is 0 Å². The Labute approximate surface area is 153 Å². The fourth-order valence-electron chi connectivity index (χ4n) is 4.38. The number of fused-ring (bicyclic) bond motifs is 5. The fraction of sp³-hybridized carbons (Fsp3) is 0.421. The lowest BCUT2D eigenvalue weighted by atomic mass is 9.85. The van der Waals surface area contributed by atoms with E-state index in [1.807, 2.05) is 12.2 Å². The zero-order valence-corrected chi connectivity index (χ0v) is 14.2.